The zero-order valence-electron chi connectivity index (χ0n) is 5.58. The second-order valence-electron chi connectivity index (χ2n) is 1.51. The lowest BCUT2D eigenvalue weighted by molar-refractivity contribution is 0.0549. The van der Waals surface area contributed by atoms with Crippen LogP contribution >= 0.6 is 11.6 Å². The van der Waals surface area contributed by atoms with Gasteiger partial charge in [0, 0.05) is 5.88 Å². The Morgan fingerprint density at radius 1 is 1.45 bits per heavy atom. The first kappa shape index (κ1) is 10.0. The van der Waals surface area contributed by atoms with Crippen molar-refractivity contribution in [1.29, 1.82) is 0 Å². The number of carbonyl (C=O) groups is 2. The van der Waals surface area contributed by atoms with Crippen LogP contribution in [0.1, 0.15) is 6.42 Å². The third-order valence-electron chi connectivity index (χ3n) is 0.669. The van der Waals surface area contributed by atoms with Gasteiger partial charge in [0.2, 0.25) is 0 Å². The number of hydrogen-bond donors (Lipinski definition) is 1. The summed E-state index contributed by atoms with van der Waals surface area (Å²) in [4.78, 5) is 20.0. The van der Waals surface area contributed by atoms with E-state index in [0.29, 0.717) is 12.3 Å². The van der Waals surface area contributed by atoms with E-state index in [1.54, 1.807) is 0 Å². The van der Waals surface area contributed by atoms with Gasteiger partial charge in [-0.2, -0.15) is 0 Å². The summed E-state index contributed by atoms with van der Waals surface area (Å²) in [6, 6.07) is 0. The minimum absolute atomic E-state index is 0.0651. The van der Waals surface area contributed by atoms with Crippen molar-refractivity contribution < 1.29 is 24.2 Å². The monoisotopic (exact) mass is 182 g/mol. The molecule has 0 aliphatic heterocycles. The first-order valence-corrected chi connectivity index (χ1v) is 3.33. The second-order valence-corrected chi connectivity index (χ2v) is 1.89. The number of halogens is 1. The van der Waals surface area contributed by atoms with Gasteiger partial charge in [-0.15, -0.1) is 11.6 Å². The molecule has 64 valence electrons. The molecular weight excluding hydrogens is 176 g/mol. The van der Waals surface area contributed by atoms with Crippen LogP contribution in [0.2, 0.25) is 0 Å². The molecule has 0 rings (SSSR count). The molecule has 0 fully saturated rings. The fraction of sp³-hybridized carbons (Fsp3) is 0.600. The van der Waals surface area contributed by atoms with Crippen LogP contribution in [0.4, 0.5) is 9.59 Å². The molecule has 0 heterocycles. The average Bonchev–Trinajstić information content (AvgIpc) is 1.86. The van der Waals surface area contributed by atoms with E-state index in [1.165, 1.54) is 0 Å². The van der Waals surface area contributed by atoms with E-state index in [-0.39, 0.29) is 6.61 Å². The van der Waals surface area contributed by atoms with E-state index >= 15 is 0 Å². The summed E-state index contributed by atoms with van der Waals surface area (Å²) >= 11 is 5.24. The van der Waals surface area contributed by atoms with Gasteiger partial charge in [-0.1, -0.05) is 0 Å². The predicted molar refractivity (Wildman–Crippen MR) is 35.8 cm³/mol. The van der Waals surface area contributed by atoms with Crippen molar-refractivity contribution in [1.82, 2.24) is 0 Å². The number of rotatable bonds is 3. The summed E-state index contributed by atoms with van der Waals surface area (Å²) in [7, 11) is 0. The molecule has 0 spiro atoms. The quantitative estimate of drug-likeness (QED) is 0.310. The van der Waals surface area contributed by atoms with Crippen molar-refractivity contribution in [3.8, 4) is 0 Å². The fourth-order valence-electron chi connectivity index (χ4n) is 0.311. The zero-order valence-corrected chi connectivity index (χ0v) is 6.34. The van der Waals surface area contributed by atoms with Gasteiger partial charge in [-0.05, 0) is 6.42 Å². The smallest absolute Gasteiger partial charge is 0.449 e. The molecule has 0 aliphatic carbocycles. The summed E-state index contributed by atoms with van der Waals surface area (Å²) in [6.45, 7) is 0.0651. The van der Waals surface area contributed by atoms with Crippen molar-refractivity contribution in [3.05, 3.63) is 0 Å². The van der Waals surface area contributed by atoms with Crippen molar-refractivity contribution in [3.63, 3.8) is 0 Å². The molecule has 5 nitrogen and oxygen atoms in total. The zero-order chi connectivity index (χ0) is 8.69. The maximum Gasteiger partial charge on any atom is 0.518 e. The SMILES string of the molecule is O=C(O)OC(=O)OCCCCl. The first-order valence-electron chi connectivity index (χ1n) is 2.80. The third kappa shape index (κ3) is 6.92. The van der Waals surface area contributed by atoms with Crippen LogP contribution in [0.15, 0.2) is 0 Å². The number of ether oxygens (including phenoxy) is 2. The topological polar surface area (TPSA) is 72.8 Å². The molecule has 0 amide bonds. The summed E-state index contributed by atoms with van der Waals surface area (Å²) in [6.07, 6.45) is -2.43. The Bertz CT molecular complexity index is 146. The highest BCUT2D eigenvalue weighted by Gasteiger charge is 2.08. The Labute approximate surface area is 67.8 Å². The van der Waals surface area contributed by atoms with Gasteiger partial charge in [0.1, 0.15) is 0 Å². The van der Waals surface area contributed by atoms with Gasteiger partial charge in [0.15, 0.2) is 0 Å². The van der Waals surface area contributed by atoms with E-state index in [4.69, 9.17) is 16.7 Å². The normalized spacial score (nSPS) is 8.82. The van der Waals surface area contributed by atoms with Gasteiger partial charge >= 0.3 is 12.3 Å². The van der Waals surface area contributed by atoms with Crippen LogP contribution in [0, 0.1) is 0 Å². The molecule has 6 heteroatoms. The van der Waals surface area contributed by atoms with Crippen molar-refractivity contribution in [2.24, 2.45) is 0 Å². The van der Waals surface area contributed by atoms with Crippen molar-refractivity contribution in [2.45, 2.75) is 6.42 Å². The summed E-state index contributed by atoms with van der Waals surface area (Å²) in [5, 5.41) is 7.89. The highest BCUT2D eigenvalue weighted by Crippen LogP contribution is 1.90. The standard InChI is InChI=1S/C5H7ClO5/c6-2-1-3-10-5(9)11-4(7)8/h1-3H2,(H,7,8). The number of carbonyl (C=O) groups excluding carboxylic acids is 1. The molecule has 0 saturated heterocycles. The van der Waals surface area contributed by atoms with Gasteiger partial charge < -0.3 is 14.6 Å². The number of alkyl halides is 1. The lowest BCUT2D eigenvalue weighted by Gasteiger charge is -1.99. The highest BCUT2D eigenvalue weighted by molar-refractivity contribution is 6.17. The van der Waals surface area contributed by atoms with E-state index in [9.17, 15) is 9.59 Å². The number of hydrogen-bond acceptors (Lipinski definition) is 4. The molecule has 0 saturated carbocycles. The van der Waals surface area contributed by atoms with Crippen molar-refractivity contribution >= 4 is 23.9 Å². The Hall–Kier alpha value is -0.970. The Kier molecular flexibility index (Phi) is 5.28. The molecule has 0 unspecified atom stereocenters. The first-order chi connectivity index (χ1) is 5.16. The predicted octanol–water partition coefficient (Wildman–Crippen LogP) is 1.45. The highest BCUT2D eigenvalue weighted by atomic mass is 35.5. The van der Waals surface area contributed by atoms with Crippen LogP contribution in [0.25, 0.3) is 0 Å². The van der Waals surface area contributed by atoms with E-state index in [0.717, 1.165) is 0 Å². The average molecular weight is 183 g/mol. The maximum atomic E-state index is 10.3. The van der Waals surface area contributed by atoms with Gasteiger partial charge in [-0.3, -0.25) is 0 Å². The van der Waals surface area contributed by atoms with Crippen LogP contribution < -0.4 is 0 Å². The maximum absolute atomic E-state index is 10.3. The Morgan fingerprint density at radius 3 is 2.55 bits per heavy atom. The molecule has 0 aromatic carbocycles. The molecule has 0 aliphatic rings. The van der Waals surface area contributed by atoms with Crippen LogP contribution in [0.5, 0.6) is 0 Å². The Balaban J connectivity index is 3.30. The molecule has 1 N–H and O–H groups in total. The number of carboxylic acid groups (broad SMARTS) is 1. The molecular formula is C5H7ClO5. The third-order valence-corrected chi connectivity index (χ3v) is 0.936. The molecule has 0 bridgehead atoms. The molecule has 11 heavy (non-hydrogen) atoms. The minimum Gasteiger partial charge on any atom is -0.449 e. The largest absolute Gasteiger partial charge is 0.518 e. The minimum atomic E-state index is -1.68. The van der Waals surface area contributed by atoms with Crippen molar-refractivity contribution in [2.75, 3.05) is 12.5 Å². The van der Waals surface area contributed by atoms with Gasteiger partial charge in [-0.25, -0.2) is 9.59 Å². The van der Waals surface area contributed by atoms with Crippen LogP contribution in [0.3, 0.4) is 0 Å². The van der Waals surface area contributed by atoms with Gasteiger partial charge in [0.25, 0.3) is 0 Å². The second kappa shape index (κ2) is 5.79. The molecule has 0 atom stereocenters. The van der Waals surface area contributed by atoms with Crippen LogP contribution in [-0.2, 0) is 9.47 Å². The van der Waals surface area contributed by atoms with Crippen LogP contribution in [-0.4, -0.2) is 29.9 Å². The van der Waals surface area contributed by atoms with Gasteiger partial charge in [0.05, 0.1) is 6.61 Å². The fourth-order valence-corrected chi connectivity index (χ4v) is 0.420. The van der Waals surface area contributed by atoms with E-state index in [1.807, 2.05) is 0 Å². The molecule has 0 radical (unpaired) electrons. The molecule has 0 aromatic heterocycles. The summed E-state index contributed by atoms with van der Waals surface area (Å²) in [5.41, 5.74) is 0. The molecule has 0 aromatic rings. The lowest BCUT2D eigenvalue weighted by atomic mass is 10.5. The Morgan fingerprint density at radius 2 is 2.09 bits per heavy atom. The van der Waals surface area contributed by atoms with E-state index in [2.05, 4.69) is 9.47 Å². The lowest BCUT2D eigenvalue weighted by Crippen LogP contribution is -2.12. The van der Waals surface area contributed by atoms with E-state index < -0.39 is 12.3 Å². The summed E-state index contributed by atoms with van der Waals surface area (Å²) in [5.74, 6) is 0.348. The summed E-state index contributed by atoms with van der Waals surface area (Å²) < 4.78 is 7.88.